The van der Waals surface area contributed by atoms with Crippen LogP contribution in [-0.4, -0.2) is 6.03 Å². The van der Waals surface area contributed by atoms with Crippen molar-refractivity contribution >= 4 is 17.4 Å². The molecule has 198 valence electrons. The number of hydrogen-bond acceptors (Lipinski definition) is 3. The first-order valence-electron chi connectivity index (χ1n) is 13.3. The number of allylic oxidation sites excluding steroid dienone is 4. The number of benzene rings is 3. The number of anilines is 2. The van der Waals surface area contributed by atoms with Crippen molar-refractivity contribution in [2.24, 2.45) is 11.8 Å². The Morgan fingerprint density at radius 3 is 2.54 bits per heavy atom. The topological polar surface area (TPSA) is 56.4 Å². The van der Waals surface area contributed by atoms with Gasteiger partial charge < -0.3 is 16.1 Å². The monoisotopic (exact) mass is 524 g/mol. The standard InChI is InChI=1S/C32H30F2N4O/c1-20-26-19-35-38(25-15-13-24(33)14-16-25)30(26)18-23-12-11-22(31(20)23)17-29(21-7-3-2-4-8-21)37-32(39)36-28-10-6-5-9-27(28)34/h2-10,13-16,18-20,22,29,35H,11-12,17H2,1H3,(H2,36,37,39)/t20-,22+,29?/m0/s1. The summed E-state index contributed by atoms with van der Waals surface area (Å²) in [6.45, 7) is 2.23. The lowest BCUT2D eigenvalue weighted by atomic mass is 9.78. The van der Waals surface area contributed by atoms with E-state index in [0.717, 1.165) is 36.2 Å². The smallest absolute Gasteiger partial charge is 0.319 e. The average Bonchev–Trinajstić information content (AvgIpc) is 3.55. The summed E-state index contributed by atoms with van der Waals surface area (Å²) in [5.41, 5.74) is 10.4. The molecule has 6 rings (SSSR count). The van der Waals surface area contributed by atoms with Crippen LogP contribution >= 0.6 is 0 Å². The van der Waals surface area contributed by atoms with Gasteiger partial charge in [-0.2, -0.15) is 0 Å². The third-order valence-electron chi connectivity index (χ3n) is 7.94. The Kier molecular flexibility index (Phi) is 6.65. The van der Waals surface area contributed by atoms with E-state index in [0.29, 0.717) is 0 Å². The molecule has 1 aliphatic heterocycles. The summed E-state index contributed by atoms with van der Waals surface area (Å²) >= 11 is 0. The molecule has 39 heavy (non-hydrogen) atoms. The third-order valence-corrected chi connectivity index (χ3v) is 7.94. The van der Waals surface area contributed by atoms with Crippen LogP contribution in [0.5, 0.6) is 0 Å². The number of fused-ring (bicyclic) bond motifs is 1. The van der Waals surface area contributed by atoms with Crippen molar-refractivity contribution in [2.75, 3.05) is 10.3 Å². The number of urea groups is 1. The Morgan fingerprint density at radius 1 is 1.03 bits per heavy atom. The second-order valence-electron chi connectivity index (χ2n) is 10.3. The maximum absolute atomic E-state index is 14.1. The lowest BCUT2D eigenvalue weighted by Crippen LogP contribution is -2.34. The van der Waals surface area contributed by atoms with E-state index in [1.54, 1.807) is 30.3 Å². The molecule has 3 N–H and O–H groups in total. The van der Waals surface area contributed by atoms with Crippen LogP contribution < -0.4 is 21.1 Å². The minimum absolute atomic E-state index is 0.151. The highest BCUT2D eigenvalue weighted by Crippen LogP contribution is 2.49. The summed E-state index contributed by atoms with van der Waals surface area (Å²) in [4.78, 5) is 13.0. The average molecular weight is 525 g/mol. The number of para-hydroxylation sites is 1. The van der Waals surface area contributed by atoms with E-state index < -0.39 is 11.8 Å². The van der Waals surface area contributed by atoms with E-state index in [4.69, 9.17) is 0 Å². The second kappa shape index (κ2) is 10.4. The van der Waals surface area contributed by atoms with E-state index in [1.807, 2.05) is 41.5 Å². The minimum atomic E-state index is -0.471. The summed E-state index contributed by atoms with van der Waals surface area (Å²) in [6, 6.07) is 21.9. The molecular weight excluding hydrogens is 494 g/mol. The second-order valence-corrected chi connectivity index (χ2v) is 10.3. The van der Waals surface area contributed by atoms with E-state index in [-0.39, 0.29) is 29.4 Å². The molecule has 0 aromatic heterocycles. The number of carbonyl (C=O) groups is 1. The van der Waals surface area contributed by atoms with Gasteiger partial charge in [0.2, 0.25) is 0 Å². The van der Waals surface area contributed by atoms with Gasteiger partial charge in [-0.1, -0.05) is 55.0 Å². The Morgan fingerprint density at radius 2 is 1.77 bits per heavy atom. The highest BCUT2D eigenvalue weighted by atomic mass is 19.1. The van der Waals surface area contributed by atoms with Gasteiger partial charge in [-0.05, 0) is 78.8 Å². The molecule has 1 heterocycles. The Hall–Kier alpha value is -4.39. The van der Waals surface area contributed by atoms with E-state index in [1.165, 1.54) is 34.9 Å². The molecule has 0 spiro atoms. The predicted molar refractivity (Wildman–Crippen MR) is 149 cm³/mol. The van der Waals surface area contributed by atoms with Crippen LogP contribution in [-0.2, 0) is 0 Å². The van der Waals surface area contributed by atoms with Crippen molar-refractivity contribution in [1.82, 2.24) is 10.7 Å². The minimum Gasteiger partial charge on any atom is -0.331 e. The third kappa shape index (κ3) is 4.92. The van der Waals surface area contributed by atoms with Crippen molar-refractivity contribution in [1.29, 1.82) is 0 Å². The molecule has 3 atom stereocenters. The zero-order valence-electron chi connectivity index (χ0n) is 21.6. The fraction of sp³-hybridized carbons (Fsp3) is 0.219. The molecule has 3 aromatic carbocycles. The first kappa shape index (κ1) is 24.9. The van der Waals surface area contributed by atoms with E-state index >= 15 is 0 Å². The zero-order valence-corrected chi connectivity index (χ0v) is 21.6. The van der Waals surface area contributed by atoms with Gasteiger partial charge in [-0.15, -0.1) is 0 Å². The maximum Gasteiger partial charge on any atom is 0.319 e. The number of nitrogens with zero attached hydrogens (tertiary/aromatic N) is 1. The van der Waals surface area contributed by atoms with Crippen molar-refractivity contribution in [3.8, 4) is 0 Å². The van der Waals surface area contributed by atoms with E-state index in [2.05, 4.69) is 29.1 Å². The maximum atomic E-state index is 14.1. The number of halogens is 2. The molecule has 0 saturated heterocycles. The molecule has 2 aliphatic carbocycles. The van der Waals surface area contributed by atoms with Gasteiger partial charge in [-0.3, -0.25) is 5.01 Å². The first-order valence-corrected chi connectivity index (χ1v) is 13.3. The van der Waals surface area contributed by atoms with Crippen LogP contribution in [0.25, 0.3) is 0 Å². The van der Waals surface area contributed by atoms with Crippen LogP contribution in [0.2, 0.25) is 0 Å². The molecule has 7 heteroatoms. The van der Waals surface area contributed by atoms with Gasteiger partial charge >= 0.3 is 6.03 Å². The lowest BCUT2D eigenvalue weighted by Gasteiger charge is -2.31. The molecule has 5 nitrogen and oxygen atoms in total. The van der Waals surface area contributed by atoms with Gasteiger partial charge in [0.25, 0.3) is 0 Å². The van der Waals surface area contributed by atoms with Crippen molar-refractivity contribution in [3.05, 3.63) is 131 Å². The normalized spacial score (nSPS) is 20.4. The summed E-state index contributed by atoms with van der Waals surface area (Å²) in [5.74, 6) is -0.243. The van der Waals surface area contributed by atoms with Gasteiger partial charge in [0.1, 0.15) is 11.6 Å². The molecule has 3 aromatic rings. The zero-order chi connectivity index (χ0) is 26.9. The first-order chi connectivity index (χ1) is 19.0. The number of rotatable bonds is 6. The number of carbonyl (C=O) groups excluding carboxylic acids is 1. The molecule has 0 saturated carbocycles. The van der Waals surface area contributed by atoms with Crippen LogP contribution in [0, 0.1) is 23.5 Å². The SMILES string of the molecule is C[C@H]1C2=CNN(c3ccc(F)cc3)C2=CC2=C1[C@@H](CC(NC(=O)Nc1ccccc1F)c1ccccc1)CC2. The fourth-order valence-electron chi connectivity index (χ4n) is 6.09. The van der Waals surface area contributed by atoms with Crippen molar-refractivity contribution in [3.63, 3.8) is 0 Å². The summed E-state index contributed by atoms with van der Waals surface area (Å²) < 4.78 is 27.6. The molecule has 1 unspecified atom stereocenters. The fourth-order valence-corrected chi connectivity index (χ4v) is 6.09. The number of hydrazine groups is 1. The van der Waals surface area contributed by atoms with Gasteiger partial charge in [0.15, 0.2) is 0 Å². The summed E-state index contributed by atoms with van der Waals surface area (Å²) in [5, 5.41) is 7.77. The van der Waals surface area contributed by atoms with Crippen LogP contribution in [0.4, 0.5) is 25.0 Å². The van der Waals surface area contributed by atoms with E-state index in [9.17, 15) is 13.6 Å². The Bertz CT molecular complexity index is 1480. The molecule has 0 radical (unpaired) electrons. The largest absolute Gasteiger partial charge is 0.331 e. The summed E-state index contributed by atoms with van der Waals surface area (Å²) in [7, 11) is 0. The van der Waals surface area contributed by atoms with Gasteiger partial charge in [0.05, 0.1) is 23.1 Å². The number of hydrogen-bond donors (Lipinski definition) is 3. The van der Waals surface area contributed by atoms with Crippen LogP contribution in [0.3, 0.4) is 0 Å². The molecular formula is C32H30F2N4O. The van der Waals surface area contributed by atoms with Gasteiger partial charge in [0, 0.05) is 17.7 Å². The highest BCUT2D eigenvalue weighted by Gasteiger charge is 2.39. The predicted octanol–water partition coefficient (Wildman–Crippen LogP) is 7.37. The Balaban J connectivity index is 1.24. The van der Waals surface area contributed by atoms with Crippen LogP contribution in [0.15, 0.2) is 114 Å². The number of nitrogens with one attached hydrogen (secondary N) is 3. The molecule has 0 fully saturated rings. The highest BCUT2D eigenvalue weighted by molar-refractivity contribution is 5.89. The van der Waals surface area contributed by atoms with Crippen LogP contribution in [0.1, 0.15) is 37.8 Å². The Labute approximate surface area is 226 Å². The summed E-state index contributed by atoms with van der Waals surface area (Å²) in [6.07, 6.45) is 6.98. The molecule has 0 bridgehead atoms. The molecule has 2 amide bonds. The van der Waals surface area contributed by atoms with Crippen molar-refractivity contribution in [2.45, 2.75) is 32.2 Å². The lowest BCUT2D eigenvalue weighted by molar-refractivity contribution is 0.246. The molecule has 3 aliphatic rings. The quantitative estimate of drug-likeness (QED) is 0.316. The number of amides is 2. The van der Waals surface area contributed by atoms with Gasteiger partial charge in [-0.25, -0.2) is 13.6 Å². The van der Waals surface area contributed by atoms with Crippen molar-refractivity contribution < 1.29 is 13.6 Å².